The highest BCUT2D eigenvalue weighted by molar-refractivity contribution is 8.01. The van der Waals surface area contributed by atoms with Crippen molar-refractivity contribution in [2.24, 2.45) is 0 Å². The highest BCUT2D eigenvalue weighted by Gasteiger charge is 2.22. The summed E-state index contributed by atoms with van der Waals surface area (Å²) in [6.45, 7) is 0. The third kappa shape index (κ3) is 2.36. The van der Waals surface area contributed by atoms with E-state index < -0.39 is 9.84 Å². The molecule has 0 amide bonds. The van der Waals surface area contributed by atoms with Gasteiger partial charge < -0.3 is 0 Å². The van der Waals surface area contributed by atoms with Crippen LogP contribution in [0.1, 0.15) is 10.4 Å². The summed E-state index contributed by atoms with van der Waals surface area (Å²) in [7, 11) is -3.57. The van der Waals surface area contributed by atoms with Gasteiger partial charge in [0.2, 0.25) is 9.84 Å². The first-order valence-corrected chi connectivity index (χ1v) is 8.46. The number of aldehydes is 1. The normalized spacial score (nSPS) is 11.4. The van der Waals surface area contributed by atoms with Gasteiger partial charge in [0, 0.05) is 10.9 Å². The predicted octanol–water partition coefficient (Wildman–Crippen LogP) is 2.92. The topological polar surface area (TPSA) is 51.2 Å². The van der Waals surface area contributed by atoms with Crippen LogP contribution in [0.3, 0.4) is 0 Å². The van der Waals surface area contributed by atoms with E-state index in [2.05, 4.69) is 5.38 Å². The molecule has 0 fully saturated rings. The lowest BCUT2D eigenvalue weighted by Crippen LogP contribution is -2.02. The molecule has 3 nitrogen and oxygen atoms in total. The molecule has 2 rings (SSSR count). The quantitative estimate of drug-likeness (QED) is 0.643. The fraction of sp³-hybridized carbons (Fsp3) is 0.0833. The van der Waals surface area contributed by atoms with E-state index in [1.54, 1.807) is 12.1 Å². The second-order valence-electron chi connectivity index (χ2n) is 3.41. The maximum absolute atomic E-state index is 12.4. The van der Waals surface area contributed by atoms with Gasteiger partial charge >= 0.3 is 0 Å². The van der Waals surface area contributed by atoms with Gasteiger partial charge in [-0.2, -0.15) is 0 Å². The monoisotopic (exact) mass is 297 g/mol. The Kier molecular flexibility index (Phi) is 3.89. The van der Waals surface area contributed by atoms with Gasteiger partial charge in [0.25, 0.3) is 0 Å². The van der Waals surface area contributed by atoms with Gasteiger partial charge in [0.05, 0.1) is 14.0 Å². The first-order chi connectivity index (χ1) is 8.59. The van der Waals surface area contributed by atoms with Crippen LogP contribution in [-0.4, -0.2) is 21.0 Å². The lowest BCUT2D eigenvalue weighted by atomic mass is 10.2. The number of sulfone groups is 1. The molecular formula is C12H9O3S3. The van der Waals surface area contributed by atoms with Crippen LogP contribution in [0.25, 0.3) is 0 Å². The molecule has 0 spiro atoms. The van der Waals surface area contributed by atoms with E-state index in [9.17, 15) is 13.2 Å². The Morgan fingerprint density at radius 2 is 2.17 bits per heavy atom. The van der Waals surface area contributed by atoms with Gasteiger partial charge in [-0.3, -0.25) is 4.79 Å². The largest absolute Gasteiger partial charge is 0.298 e. The zero-order valence-corrected chi connectivity index (χ0v) is 11.9. The van der Waals surface area contributed by atoms with Gasteiger partial charge in [-0.1, -0.05) is 12.1 Å². The van der Waals surface area contributed by atoms with Crippen LogP contribution in [0.4, 0.5) is 0 Å². The first kappa shape index (κ1) is 13.3. The molecule has 93 valence electrons. The van der Waals surface area contributed by atoms with Gasteiger partial charge in [0.15, 0.2) is 0 Å². The number of thioether (sulfide) groups is 1. The Morgan fingerprint density at radius 1 is 1.39 bits per heavy atom. The van der Waals surface area contributed by atoms with E-state index in [0.29, 0.717) is 16.1 Å². The Hall–Kier alpha value is -1.11. The molecule has 1 aromatic heterocycles. The van der Waals surface area contributed by atoms with Gasteiger partial charge in [-0.15, -0.1) is 23.1 Å². The van der Waals surface area contributed by atoms with Crippen molar-refractivity contribution >= 4 is 39.2 Å². The highest BCUT2D eigenvalue weighted by Crippen LogP contribution is 2.33. The summed E-state index contributed by atoms with van der Waals surface area (Å²) >= 11 is 2.64. The van der Waals surface area contributed by atoms with Crippen LogP contribution in [-0.2, 0) is 9.84 Å². The number of carbonyl (C=O) groups is 1. The second-order valence-corrected chi connectivity index (χ2v) is 7.25. The van der Waals surface area contributed by atoms with Crippen molar-refractivity contribution in [1.29, 1.82) is 0 Å². The summed E-state index contributed by atoms with van der Waals surface area (Å²) in [5, 5.41) is 2.83. The third-order valence-corrected chi connectivity index (χ3v) is 6.34. The number of hydrogen-bond acceptors (Lipinski definition) is 5. The van der Waals surface area contributed by atoms with E-state index >= 15 is 0 Å². The summed E-state index contributed by atoms with van der Waals surface area (Å²) in [6, 6.07) is 7.47. The van der Waals surface area contributed by atoms with Gasteiger partial charge in [-0.05, 0) is 24.5 Å². The van der Waals surface area contributed by atoms with E-state index in [4.69, 9.17) is 0 Å². The molecule has 0 aliphatic heterocycles. The fourth-order valence-corrected chi connectivity index (χ4v) is 4.98. The third-order valence-electron chi connectivity index (χ3n) is 2.32. The minimum atomic E-state index is -3.57. The number of benzene rings is 1. The molecule has 0 bridgehead atoms. The Morgan fingerprint density at radius 3 is 2.83 bits per heavy atom. The Balaban J connectivity index is 2.58. The van der Waals surface area contributed by atoms with Crippen molar-refractivity contribution in [1.82, 2.24) is 0 Å². The Labute approximate surface area is 114 Å². The fourth-order valence-electron chi connectivity index (χ4n) is 1.46. The SMILES string of the molecule is CSc1s[c]cc1S(=O)(=O)c1cccc(C=O)c1. The summed E-state index contributed by atoms with van der Waals surface area (Å²) in [6.07, 6.45) is 2.45. The lowest BCUT2D eigenvalue weighted by Gasteiger charge is -2.04. The van der Waals surface area contributed by atoms with Gasteiger partial charge in [0.1, 0.15) is 6.29 Å². The summed E-state index contributed by atoms with van der Waals surface area (Å²) in [4.78, 5) is 11.1. The number of carbonyl (C=O) groups excluding carboxylic acids is 1. The smallest absolute Gasteiger partial charge is 0.208 e. The molecule has 6 heteroatoms. The molecule has 0 atom stereocenters. The van der Waals surface area contributed by atoms with Crippen molar-refractivity contribution < 1.29 is 13.2 Å². The standard InChI is InChI=1S/C12H9O3S3/c1-16-12-11(5-6-17-12)18(14,15)10-4-2-3-9(7-10)8-13/h2-5,7-8H,1H3. The zero-order valence-electron chi connectivity index (χ0n) is 9.41. The molecule has 18 heavy (non-hydrogen) atoms. The highest BCUT2D eigenvalue weighted by atomic mass is 32.2. The van der Waals surface area contributed by atoms with Crippen LogP contribution >= 0.6 is 23.1 Å². The Bertz CT molecular complexity index is 671. The molecule has 0 aliphatic rings. The minimum absolute atomic E-state index is 0.134. The minimum Gasteiger partial charge on any atom is -0.298 e. The van der Waals surface area contributed by atoms with Crippen molar-refractivity contribution in [3.05, 3.63) is 41.3 Å². The van der Waals surface area contributed by atoms with Crippen LogP contribution in [0, 0.1) is 5.38 Å². The molecule has 1 heterocycles. The maximum atomic E-state index is 12.4. The van der Waals surface area contributed by atoms with Crippen molar-refractivity contribution in [3.63, 3.8) is 0 Å². The molecule has 0 aliphatic carbocycles. The second kappa shape index (κ2) is 5.26. The van der Waals surface area contributed by atoms with Crippen molar-refractivity contribution in [3.8, 4) is 0 Å². The average molecular weight is 297 g/mol. The van der Waals surface area contributed by atoms with E-state index in [1.807, 2.05) is 6.26 Å². The molecule has 1 aromatic carbocycles. The summed E-state index contributed by atoms with van der Waals surface area (Å²) in [5.74, 6) is 0. The van der Waals surface area contributed by atoms with Crippen LogP contribution in [0.2, 0.25) is 0 Å². The number of rotatable bonds is 4. The number of thiophene rings is 1. The molecule has 0 saturated heterocycles. The zero-order chi connectivity index (χ0) is 13.2. The molecule has 0 saturated carbocycles. The molecule has 2 aromatic rings. The van der Waals surface area contributed by atoms with E-state index in [0.717, 1.165) is 0 Å². The number of hydrogen-bond donors (Lipinski definition) is 0. The van der Waals surface area contributed by atoms with Gasteiger partial charge in [-0.25, -0.2) is 8.42 Å². The molecular weight excluding hydrogens is 288 g/mol. The summed E-state index contributed by atoms with van der Waals surface area (Å²) in [5.41, 5.74) is 0.348. The van der Waals surface area contributed by atoms with E-state index in [1.165, 1.54) is 41.3 Å². The molecule has 1 radical (unpaired) electrons. The van der Waals surface area contributed by atoms with Crippen LogP contribution < -0.4 is 0 Å². The average Bonchev–Trinajstić information content (AvgIpc) is 2.88. The predicted molar refractivity (Wildman–Crippen MR) is 72.2 cm³/mol. The summed E-state index contributed by atoms with van der Waals surface area (Å²) < 4.78 is 25.5. The van der Waals surface area contributed by atoms with Crippen LogP contribution in [0.15, 0.2) is 44.3 Å². The lowest BCUT2D eigenvalue weighted by molar-refractivity contribution is 0.112. The van der Waals surface area contributed by atoms with Crippen molar-refractivity contribution in [2.45, 2.75) is 14.0 Å². The van der Waals surface area contributed by atoms with Crippen molar-refractivity contribution in [2.75, 3.05) is 6.26 Å². The first-order valence-electron chi connectivity index (χ1n) is 4.94. The van der Waals surface area contributed by atoms with E-state index in [-0.39, 0.29) is 9.79 Å². The maximum Gasteiger partial charge on any atom is 0.208 e. The van der Waals surface area contributed by atoms with Crippen LogP contribution in [0.5, 0.6) is 0 Å². The molecule has 0 unspecified atom stereocenters. The molecule has 0 N–H and O–H groups in total.